The van der Waals surface area contributed by atoms with Crippen molar-refractivity contribution >= 4 is 16.8 Å². The molecule has 0 amide bonds. The van der Waals surface area contributed by atoms with Crippen molar-refractivity contribution in [2.24, 2.45) is 0 Å². The minimum Gasteiger partial charge on any atom is -0.489 e. The monoisotopic (exact) mass is 354 g/mol. The zero-order chi connectivity index (χ0) is 18.5. The molecule has 3 aromatic rings. The Bertz CT molecular complexity index is 986. The third kappa shape index (κ3) is 4.14. The molecule has 3 rings (SSSR count). The summed E-state index contributed by atoms with van der Waals surface area (Å²) in [6.45, 7) is 2.28. The molecule has 1 nitrogen and oxygen atoms in total. The average molecular weight is 354 g/mol. The van der Waals surface area contributed by atoms with Gasteiger partial charge in [-0.25, -0.2) is 4.39 Å². The lowest BCUT2D eigenvalue weighted by Gasteiger charge is -2.09. The Morgan fingerprint density at radius 3 is 2.46 bits per heavy atom. The van der Waals surface area contributed by atoms with Crippen LogP contribution in [0, 0.1) is 5.82 Å². The van der Waals surface area contributed by atoms with Crippen LogP contribution in [0.3, 0.4) is 0 Å². The van der Waals surface area contributed by atoms with Gasteiger partial charge in [-0.2, -0.15) is 8.78 Å². The zero-order valence-corrected chi connectivity index (χ0v) is 14.2. The molecule has 0 heterocycles. The van der Waals surface area contributed by atoms with Gasteiger partial charge in [0.2, 0.25) is 0 Å². The van der Waals surface area contributed by atoms with Crippen LogP contribution in [-0.2, 0) is 0 Å². The van der Waals surface area contributed by atoms with E-state index in [4.69, 9.17) is 4.74 Å². The van der Waals surface area contributed by atoms with Gasteiger partial charge in [-0.3, -0.25) is 0 Å². The van der Waals surface area contributed by atoms with Crippen LogP contribution in [0.15, 0.2) is 72.8 Å². The molecule has 0 spiro atoms. The molecule has 4 heteroatoms. The van der Waals surface area contributed by atoms with Gasteiger partial charge in [0.05, 0.1) is 0 Å². The maximum atomic E-state index is 14.5. The van der Waals surface area contributed by atoms with Gasteiger partial charge in [0.1, 0.15) is 18.2 Å². The topological polar surface area (TPSA) is 9.23 Å². The van der Waals surface area contributed by atoms with E-state index in [1.54, 1.807) is 42.5 Å². The number of fused-ring (bicyclic) bond motifs is 1. The summed E-state index contributed by atoms with van der Waals surface area (Å²) in [6.07, 6.45) is 2.79. The maximum absolute atomic E-state index is 14.5. The predicted molar refractivity (Wildman–Crippen MR) is 99.8 cm³/mol. The quantitative estimate of drug-likeness (QED) is 0.456. The molecule has 0 radical (unpaired) electrons. The second-order valence-electron chi connectivity index (χ2n) is 5.78. The maximum Gasteiger partial charge on any atom is 0.270 e. The second-order valence-corrected chi connectivity index (χ2v) is 5.78. The first kappa shape index (κ1) is 17.8. The van der Waals surface area contributed by atoms with Crippen molar-refractivity contribution in [3.05, 3.63) is 84.2 Å². The Labute approximate surface area is 150 Å². The third-order valence-corrected chi connectivity index (χ3v) is 3.97. The van der Waals surface area contributed by atoms with Crippen LogP contribution >= 0.6 is 0 Å². The highest BCUT2D eigenvalue weighted by Gasteiger charge is 2.08. The van der Waals surface area contributed by atoms with Crippen LogP contribution in [0.25, 0.3) is 28.0 Å². The molecule has 0 unspecified atom stereocenters. The van der Waals surface area contributed by atoms with Gasteiger partial charge < -0.3 is 4.74 Å². The Balaban J connectivity index is 1.91. The average Bonchev–Trinajstić information content (AvgIpc) is 2.61. The lowest BCUT2D eigenvalue weighted by Crippen LogP contribution is -1.94. The second kappa shape index (κ2) is 7.91. The van der Waals surface area contributed by atoms with E-state index in [0.29, 0.717) is 23.5 Å². The fourth-order valence-electron chi connectivity index (χ4n) is 2.71. The molecular weight excluding hydrogens is 337 g/mol. The minimum atomic E-state index is -1.74. The standard InChI is InChI=1S/C22H17F3O/c1-2-3-10-26-19-8-9-20(21(23)14-19)18-7-6-16-11-15(12-22(24)25)4-5-17(16)13-18/h2-9,11-14H,10H2,1H3. The summed E-state index contributed by atoms with van der Waals surface area (Å²) in [5.41, 5.74) is 1.61. The number of benzene rings is 3. The summed E-state index contributed by atoms with van der Waals surface area (Å²) >= 11 is 0. The number of rotatable bonds is 5. The predicted octanol–water partition coefficient (Wildman–Crippen LogP) is 6.84. The Hall–Kier alpha value is -3.01. The number of allylic oxidation sites excluding steroid dienone is 1. The Morgan fingerprint density at radius 1 is 0.962 bits per heavy atom. The lowest BCUT2D eigenvalue weighted by molar-refractivity contribution is 0.360. The summed E-state index contributed by atoms with van der Waals surface area (Å²) in [5.74, 6) is 0.0937. The van der Waals surface area contributed by atoms with Crippen molar-refractivity contribution in [3.8, 4) is 16.9 Å². The van der Waals surface area contributed by atoms with Crippen LogP contribution in [0.4, 0.5) is 13.2 Å². The van der Waals surface area contributed by atoms with Gasteiger partial charge >= 0.3 is 0 Å². The number of hydrogen-bond acceptors (Lipinski definition) is 1. The van der Waals surface area contributed by atoms with Gasteiger partial charge in [0.15, 0.2) is 0 Å². The van der Waals surface area contributed by atoms with Crippen LogP contribution in [0.1, 0.15) is 12.5 Å². The molecule has 0 aromatic heterocycles. The normalized spacial score (nSPS) is 11.1. The number of halogens is 3. The van der Waals surface area contributed by atoms with Crippen LogP contribution in [0.2, 0.25) is 0 Å². The molecule has 0 saturated heterocycles. The lowest BCUT2D eigenvalue weighted by atomic mass is 9.99. The van der Waals surface area contributed by atoms with Crippen molar-refractivity contribution < 1.29 is 17.9 Å². The first-order chi connectivity index (χ1) is 12.6. The van der Waals surface area contributed by atoms with Crippen LogP contribution < -0.4 is 4.74 Å². The summed E-state index contributed by atoms with van der Waals surface area (Å²) < 4.78 is 44.7. The fraction of sp³-hybridized carbons (Fsp3) is 0.0909. The molecule has 0 atom stereocenters. The van der Waals surface area contributed by atoms with Gasteiger partial charge in [0, 0.05) is 17.7 Å². The van der Waals surface area contributed by atoms with Gasteiger partial charge in [-0.15, -0.1) is 0 Å². The molecule has 0 bridgehead atoms. The largest absolute Gasteiger partial charge is 0.489 e. The Kier molecular flexibility index (Phi) is 5.42. The van der Waals surface area contributed by atoms with Crippen molar-refractivity contribution in [2.45, 2.75) is 6.92 Å². The summed E-state index contributed by atoms with van der Waals surface area (Å²) in [7, 11) is 0. The molecule has 0 fully saturated rings. The van der Waals surface area contributed by atoms with E-state index in [2.05, 4.69) is 0 Å². The smallest absolute Gasteiger partial charge is 0.270 e. The van der Waals surface area contributed by atoms with Gasteiger partial charge in [-0.1, -0.05) is 36.4 Å². The molecule has 26 heavy (non-hydrogen) atoms. The molecule has 0 saturated carbocycles. The molecule has 0 aliphatic heterocycles. The van der Waals surface area contributed by atoms with E-state index in [1.165, 1.54) is 6.07 Å². The first-order valence-electron chi connectivity index (χ1n) is 8.17. The summed E-state index contributed by atoms with van der Waals surface area (Å²) in [6, 6.07) is 15.2. The van der Waals surface area contributed by atoms with E-state index in [-0.39, 0.29) is 5.82 Å². The highest BCUT2D eigenvalue weighted by Crippen LogP contribution is 2.29. The molecule has 0 aliphatic carbocycles. The molecule has 3 aromatic carbocycles. The molecule has 0 aliphatic rings. The minimum absolute atomic E-state index is 0.374. The molecule has 0 N–H and O–H groups in total. The van der Waals surface area contributed by atoms with Crippen LogP contribution in [0.5, 0.6) is 5.75 Å². The molecular formula is C22H17F3O. The highest BCUT2D eigenvalue weighted by atomic mass is 19.3. The van der Waals surface area contributed by atoms with Gasteiger partial charge in [-0.05, 0) is 53.1 Å². The van der Waals surface area contributed by atoms with Crippen LogP contribution in [-0.4, -0.2) is 6.61 Å². The van der Waals surface area contributed by atoms with E-state index < -0.39 is 6.08 Å². The van der Waals surface area contributed by atoms with Crippen molar-refractivity contribution in [1.29, 1.82) is 0 Å². The first-order valence-corrected chi connectivity index (χ1v) is 8.17. The van der Waals surface area contributed by atoms with Crippen molar-refractivity contribution in [1.82, 2.24) is 0 Å². The Morgan fingerprint density at radius 2 is 1.73 bits per heavy atom. The fourth-order valence-corrected chi connectivity index (χ4v) is 2.71. The SMILES string of the molecule is CC=CCOc1ccc(-c2ccc3cc(C=C(F)F)ccc3c2)c(F)c1. The number of hydrogen-bond donors (Lipinski definition) is 0. The van der Waals surface area contributed by atoms with E-state index in [0.717, 1.165) is 22.4 Å². The van der Waals surface area contributed by atoms with Gasteiger partial charge in [0.25, 0.3) is 6.08 Å². The summed E-state index contributed by atoms with van der Waals surface area (Å²) in [4.78, 5) is 0. The van der Waals surface area contributed by atoms with E-state index in [9.17, 15) is 13.2 Å². The van der Waals surface area contributed by atoms with Crippen molar-refractivity contribution in [2.75, 3.05) is 6.61 Å². The van der Waals surface area contributed by atoms with E-state index in [1.807, 2.05) is 25.1 Å². The molecule has 132 valence electrons. The third-order valence-electron chi connectivity index (χ3n) is 3.97. The van der Waals surface area contributed by atoms with E-state index >= 15 is 0 Å². The highest BCUT2D eigenvalue weighted by molar-refractivity contribution is 5.89. The number of ether oxygens (including phenoxy) is 1. The zero-order valence-electron chi connectivity index (χ0n) is 14.2. The van der Waals surface area contributed by atoms with Crippen molar-refractivity contribution in [3.63, 3.8) is 0 Å². The summed E-state index contributed by atoms with van der Waals surface area (Å²) in [5, 5.41) is 1.67.